The van der Waals surface area contributed by atoms with Crippen molar-refractivity contribution in [3.05, 3.63) is 167 Å². The Morgan fingerprint density at radius 2 is 0.902 bits per heavy atom. The van der Waals surface area contributed by atoms with E-state index in [9.17, 15) is 0 Å². The van der Waals surface area contributed by atoms with Gasteiger partial charge in [0.05, 0.1) is 0 Å². The number of fused-ring (bicyclic) bond motifs is 2. The quantitative estimate of drug-likeness (QED) is 0.170. The second-order valence-corrected chi connectivity index (χ2v) is 16.8. The molecule has 5 heteroatoms. The fourth-order valence-corrected chi connectivity index (χ4v) is 11.4. The Kier molecular flexibility index (Phi) is 7.96. The third kappa shape index (κ3) is 5.20. The molecule has 0 spiro atoms. The second kappa shape index (κ2) is 12.4. The fourth-order valence-electron chi connectivity index (χ4n) is 7.95. The number of aromatic nitrogens is 3. The maximum absolute atomic E-state index is 15.8. The van der Waals surface area contributed by atoms with E-state index in [0.717, 1.165) is 77.1 Å². The predicted molar refractivity (Wildman–Crippen MR) is 212 cm³/mol. The van der Waals surface area contributed by atoms with Gasteiger partial charge in [0.2, 0.25) is 0 Å². The zero-order chi connectivity index (χ0) is 35.5. The summed E-state index contributed by atoms with van der Waals surface area (Å²) in [6.07, 6.45) is 0. The van der Waals surface area contributed by atoms with Crippen LogP contribution in [0.5, 0.6) is 0 Å². The van der Waals surface area contributed by atoms with Crippen LogP contribution in [0.4, 0.5) is 0 Å². The van der Waals surface area contributed by atoms with Crippen LogP contribution in [0.3, 0.4) is 0 Å². The summed E-state index contributed by atoms with van der Waals surface area (Å²) >= 11 is 0. The molecule has 4 nitrogen and oxygen atoms in total. The van der Waals surface area contributed by atoms with Crippen molar-refractivity contribution in [2.45, 2.75) is 47.0 Å². The van der Waals surface area contributed by atoms with Crippen molar-refractivity contribution in [1.82, 2.24) is 15.0 Å². The highest BCUT2D eigenvalue weighted by Gasteiger charge is 2.44. The number of rotatable bonds is 5. The lowest BCUT2D eigenvalue weighted by Gasteiger charge is -2.40. The normalized spacial score (nSPS) is 16.0. The maximum Gasteiger partial charge on any atom is 0.171 e. The average molecular weight is 682 g/mol. The van der Waals surface area contributed by atoms with Gasteiger partial charge in [-0.3, -0.25) is 0 Å². The summed E-state index contributed by atoms with van der Waals surface area (Å²) in [7, 11) is -3.18. The third-order valence-corrected chi connectivity index (χ3v) is 14.0. The van der Waals surface area contributed by atoms with Gasteiger partial charge in [0, 0.05) is 38.0 Å². The average Bonchev–Trinajstić information content (AvgIpc) is 3.17. The number of hydrogen-bond acceptors (Lipinski definition) is 4. The van der Waals surface area contributed by atoms with Gasteiger partial charge in [0.15, 0.2) is 24.6 Å². The molecule has 51 heavy (non-hydrogen) atoms. The minimum Gasteiger partial charge on any atom is -0.309 e. The number of hydrogen-bond donors (Lipinski definition) is 0. The van der Waals surface area contributed by atoms with E-state index in [4.69, 9.17) is 15.0 Å². The van der Waals surface area contributed by atoms with E-state index in [-0.39, 0.29) is 5.41 Å². The lowest BCUT2D eigenvalue weighted by Crippen LogP contribution is -2.42. The summed E-state index contributed by atoms with van der Waals surface area (Å²) in [6.45, 7) is 13.2. The molecule has 250 valence electrons. The van der Waals surface area contributed by atoms with Crippen molar-refractivity contribution in [3.8, 4) is 45.3 Å². The Hall–Kier alpha value is -5.44. The summed E-state index contributed by atoms with van der Waals surface area (Å²) in [4.78, 5) is 15.1. The monoisotopic (exact) mass is 681 g/mol. The van der Waals surface area contributed by atoms with Gasteiger partial charge >= 0.3 is 0 Å². The molecule has 0 bridgehead atoms. The van der Waals surface area contributed by atoms with Crippen LogP contribution < -0.4 is 15.9 Å². The Morgan fingerprint density at radius 3 is 1.47 bits per heavy atom. The van der Waals surface area contributed by atoms with Crippen LogP contribution in [-0.2, 0) is 9.98 Å². The summed E-state index contributed by atoms with van der Waals surface area (Å²) in [5.41, 5.74) is 11.6. The van der Waals surface area contributed by atoms with Crippen LogP contribution in [0.25, 0.3) is 45.3 Å². The summed E-state index contributed by atoms with van der Waals surface area (Å²) < 4.78 is 15.8. The molecular formula is C46H40N3OP. The molecule has 0 N–H and O–H groups in total. The van der Waals surface area contributed by atoms with Crippen molar-refractivity contribution >= 4 is 23.1 Å². The summed E-state index contributed by atoms with van der Waals surface area (Å²) in [6, 6.07) is 45.2. The molecule has 0 fully saturated rings. The molecule has 1 atom stereocenters. The second-order valence-electron chi connectivity index (χ2n) is 14.1. The zero-order valence-corrected chi connectivity index (χ0v) is 30.8. The van der Waals surface area contributed by atoms with Gasteiger partial charge < -0.3 is 4.57 Å². The molecule has 0 radical (unpaired) electrons. The molecule has 8 rings (SSSR count). The van der Waals surface area contributed by atoms with Gasteiger partial charge in [-0.1, -0.05) is 141 Å². The van der Waals surface area contributed by atoms with Crippen LogP contribution in [0.15, 0.2) is 133 Å². The van der Waals surface area contributed by atoms with Gasteiger partial charge in [-0.15, -0.1) is 0 Å². The zero-order valence-electron chi connectivity index (χ0n) is 29.9. The molecule has 6 aromatic carbocycles. The molecule has 2 heterocycles. The Balaban J connectivity index is 1.34. The lowest BCUT2D eigenvalue weighted by molar-refractivity contribution is 0.586. The SMILES string of the molecule is Cc1c(C)c(-c2nc(-c3ccccc3)nc(-c3ccccc3)n2)c(C)c(C)c1-c1ccc2c(c1)P(=O)(c1ccccc1)c1ccccc1C2(C)C. The van der Waals surface area contributed by atoms with Crippen LogP contribution in [0, 0.1) is 27.7 Å². The first-order valence-corrected chi connectivity index (χ1v) is 19.2. The van der Waals surface area contributed by atoms with Crippen molar-refractivity contribution in [2.24, 2.45) is 0 Å². The van der Waals surface area contributed by atoms with E-state index in [2.05, 4.69) is 77.9 Å². The Labute approximate surface area is 300 Å². The van der Waals surface area contributed by atoms with Gasteiger partial charge in [0.25, 0.3) is 0 Å². The van der Waals surface area contributed by atoms with Crippen LogP contribution in [0.2, 0.25) is 0 Å². The van der Waals surface area contributed by atoms with Crippen LogP contribution in [0.1, 0.15) is 47.2 Å². The number of benzene rings is 6. The Bertz CT molecular complexity index is 2420. The van der Waals surface area contributed by atoms with Gasteiger partial charge in [-0.25, -0.2) is 15.0 Å². The van der Waals surface area contributed by atoms with Crippen LogP contribution >= 0.6 is 7.14 Å². The molecular weight excluding hydrogens is 642 g/mol. The largest absolute Gasteiger partial charge is 0.309 e. The molecule has 7 aromatic rings. The summed E-state index contributed by atoms with van der Waals surface area (Å²) in [5.74, 6) is 1.95. The molecule has 1 unspecified atom stereocenters. The van der Waals surface area contributed by atoms with E-state index in [1.165, 1.54) is 0 Å². The highest BCUT2D eigenvalue weighted by molar-refractivity contribution is 7.85. The van der Waals surface area contributed by atoms with Gasteiger partial charge in [0.1, 0.15) is 0 Å². The summed E-state index contributed by atoms with van der Waals surface area (Å²) in [5, 5.41) is 2.71. The molecule has 0 saturated carbocycles. The van der Waals surface area contributed by atoms with E-state index >= 15 is 4.57 Å². The predicted octanol–water partition coefficient (Wildman–Crippen LogP) is 10.1. The lowest BCUT2D eigenvalue weighted by atomic mass is 9.77. The number of nitrogens with zero attached hydrogens (tertiary/aromatic N) is 3. The van der Waals surface area contributed by atoms with E-state index in [1.54, 1.807) is 0 Å². The highest BCUT2D eigenvalue weighted by atomic mass is 31.2. The van der Waals surface area contributed by atoms with E-state index < -0.39 is 7.14 Å². The standard InChI is InChI=1S/C46H40N3OP/c1-29-31(3)42(45-48-43(33-18-10-7-11-19-33)47-44(49-45)34-20-12-8-13-21-34)32(4)30(2)41(29)35-26-27-38-40(28-35)51(50,36-22-14-9-15-23-36)39-25-17-16-24-37(39)46(38,5)6/h7-28H,1-6H3. The molecule has 0 aliphatic carbocycles. The molecule has 0 saturated heterocycles. The van der Waals surface area contributed by atoms with Crippen molar-refractivity contribution in [1.29, 1.82) is 0 Å². The topological polar surface area (TPSA) is 55.7 Å². The molecule has 1 aliphatic rings. The molecule has 1 aromatic heterocycles. The molecule has 1 aliphatic heterocycles. The first kappa shape index (κ1) is 32.7. The van der Waals surface area contributed by atoms with Crippen molar-refractivity contribution in [3.63, 3.8) is 0 Å². The first-order chi connectivity index (χ1) is 24.6. The first-order valence-electron chi connectivity index (χ1n) is 17.5. The van der Waals surface area contributed by atoms with E-state index in [1.807, 2.05) is 97.1 Å². The van der Waals surface area contributed by atoms with E-state index in [0.29, 0.717) is 17.5 Å². The van der Waals surface area contributed by atoms with Crippen LogP contribution in [-0.4, -0.2) is 15.0 Å². The minimum atomic E-state index is -3.18. The van der Waals surface area contributed by atoms with Gasteiger partial charge in [-0.2, -0.15) is 0 Å². The minimum absolute atomic E-state index is 0.307. The highest BCUT2D eigenvalue weighted by Crippen LogP contribution is 2.53. The van der Waals surface area contributed by atoms with Crippen molar-refractivity contribution < 1.29 is 4.57 Å². The smallest absolute Gasteiger partial charge is 0.171 e. The maximum atomic E-state index is 15.8. The van der Waals surface area contributed by atoms with Gasteiger partial charge in [-0.05, 0) is 78.3 Å². The molecule has 0 amide bonds. The van der Waals surface area contributed by atoms with Crippen molar-refractivity contribution in [2.75, 3.05) is 0 Å². The third-order valence-electron chi connectivity index (χ3n) is 10.9. The Morgan fingerprint density at radius 1 is 0.451 bits per heavy atom. The fraction of sp³-hybridized carbons (Fsp3) is 0.152.